The van der Waals surface area contributed by atoms with Crippen LogP contribution in [-0.2, 0) is 19.4 Å². The maximum atomic E-state index is 12.7. The molecule has 2 aliphatic rings. The Hall–Kier alpha value is -2.56. The number of carbonyl (C=O) groups is 1. The third kappa shape index (κ3) is 2.19. The number of aromatic nitrogens is 1. The van der Waals surface area contributed by atoms with E-state index >= 15 is 0 Å². The molecule has 0 spiro atoms. The van der Waals surface area contributed by atoms with Gasteiger partial charge in [0.2, 0.25) is 0 Å². The summed E-state index contributed by atoms with van der Waals surface area (Å²) in [6.07, 6.45) is 5.05. The lowest BCUT2D eigenvalue weighted by atomic mass is 9.99. The highest BCUT2D eigenvalue weighted by atomic mass is 16.5. The summed E-state index contributed by atoms with van der Waals surface area (Å²) in [5.74, 6) is 1.45. The van der Waals surface area contributed by atoms with Crippen LogP contribution in [0.15, 0.2) is 30.6 Å². The number of hydrogen-bond donors (Lipinski definition) is 1. The summed E-state index contributed by atoms with van der Waals surface area (Å²) in [7, 11) is 0. The molecule has 2 aromatic rings. The standard InChI is InChI=1S/C17H16N2O3/c20-17(19-10-11-2-1-5-18-9-11)15-13-4-7-21-14(13)8-12-3-6-22-16(12)15/h1-2,5,8-9H,3-4,6-7,10H2,(H,19,20). The molecule has 4 rings (SSSR count). The van der Waals surface area contributed by atoms with E-state index in [0.29, 0.717) is 25.3 Å². The maximum Gasteiger partial charge on any atom is 0.255 e. The van der Waals surface area contributed by atoms with Crippen LogP contribution in [0.2, 0.25) is 0 Å². The monoisotopic (exact) mass is 296 g/mol. The smallest absolute Gasteiger partial charge is 0.255 e. The van der Waals surface area contributed by atoms with E-state index < -0.39 is 0 Å². The molecule has 0 bridgehead atoms. The Morgan fingerprint density at radius 1 is 1.27 bits per heavy atom. The largest absolute Gasteiger partial charge is 0.493 e. The zero-order valence-electron chi connectivity index (χ0n) is 12.1. The number of ether oxygens (including phenoxy) is 2. The summed E-state index contributed by atoms with van der Waals surface area (Å²) >= 11 is 0. The molecule has 0 saturated heterocycles. The van der Waals surface area contributed by atoms with Crippen molar-refractivity contribution in [2.24, 2.45) is 0 Å². The van der Waals surface area contributed by atoms with Crippen LogP contribution in [0, 0.1) is 0 Å². The molecule has 1 N–H and O–H groups in total. The second kappa shape index (κ2) is 5.33. The first kappa shape index (κ1) is 13.1. The Kier molecular flexibility index (Phi) is 3.18. The van der Waals surface area contributed by atoms with E-state index in [1.165, 1.54) is 0 Å². The second-order valence-corrected chi connectivity index (χ2v) is 5.46. The summed E-state index contributed by atoms with van der Waals surface area (Å²) in [4.78, 5) is 16.7. The zero-order valence-corrected chi connectivity index (χ0v) is 12.1. The van der Waals surface area contributed by atoms with Crippen LogP contribution < -0.4 is 14.8 Å². The summed E-state index contributed by atoms with van der Waals surface area (Å²) < 4.78 is 11.3. The first-order chi connectivity index (χ1) is 10.8. The van der Waals surface area contributed by atoms with Crippen molar-refractivity contribution in [1.82, 2.24) is 10.3 Å². The van der Waals surface area contributed by atoms with E-state index in [0.717, 1.165) is 41.0 Å². The first-order valence-corrected chi connectivity index (χ1v) is 7.44. The van der Waals surface area contributed by atoms with Crippen LogP contribution in [0.25, 0.3) is 0 Å². The van der Waals surface area contributed by atoms with Crippen molar-refractivity contribution in [3.05, 3.63) is 52.8 Å². The Balaban J connectivity index is 1.63. The lowest BCUT2D eigenvalue weighted by molar-refractivity contribution is 0.0947. The average Bonchev–Trinajstić information content (AvgIpc) is 3.19. The molecule has 22 heavy (non-hydrogen) atoms. The van der Waals surface area contributed by atoms with Gasteiger partial charge in [-0.15, -0.1) is 0 Å². The van der Waals surface area contributed by atoms with Crippen LogP contribution >= 0.6 is 0 Å². The highest BCUT2D eigenvalue weighted by Crippen LogP contribution is 2.40. The van der Waals surface area contributed by atoms with Crippen molar-refractivity contribution in [1.29, 1.82) is 0 Å². The van der Waals surface area contributed by atoms with Gasteiger partial charge in [0.05, 0.1) is 18.8 Å². The lowest BCUT2D eigenvalue weighted by Gasteiger charge is -2.13. The second-order valence-electron chi connectivity index (χ2n) is 5.46. The molecule has 5 nitrogen and oxygen atoms in total. The molecular formula is C17H16N2O3. The topological polar surface area (TPSA) is 60.5 Å². The maximum absolute atomic E-state index is 12.7. The van der Waals surface area contributed by atoms with Crippen molar-refractivity contribution in [2.45, 2.75) is 19.4 Å². The van der Waals surface area contributed by atoms with Crippen molar-refractivity contribution < 1.29 is 14.3 Å². The van der Waals surface area contributed by atoms with E-state index in [9.17, 15) is 4.79 Å². The molecule has 1 aromatic heterocycles. The number of hydrogen-bond acceptors (Lipinski definition) is 4. The van der Waals surface area contributed by atoms with Crippen LogP contribution in [0.3, 0.4) is 0 Å². The van der Waals surface area contributed by atoms with Crippen molar-refractivity contribution >= 4 is 5.91 Å². The quantitative estimate of drug-likeness (QED) is 0.939. The molecular weight excluding hydrogens is 280 g/mol. The fraction of sp³-hybridized carbons (Fsp3) is 0.294. The summed E-state index contributed by atoms with van der Waals surface area (Å²) in [6, 6.07) is 5.81. The molecule has 0 fully saturated rings. The Bertz CT molecular complexity index is 696. The number of carbonyl (C=O) groups excluding carboxylic acids is 1. The molecule has 2 aliphatic heterocycles. The number of pyridine rings is 1. The zero-order chi connectivity index (χ0) is 14.9. The predicted molar refractivity (Wildman–Crippen MR) is 80.2 cm³/mol. The number of nitrogens with zero attached hydrogens (tertiary/aromatic N) is 1. The van der Waals surface area contributed by atoms with Gasteiger partial charge in [0.1, 0.15) is 11.5 Å². The minimum atomic E-state index is -0.107. The molecule has 0 unspecified atom stereocenters. The van der Waals surface area contributed by atoms with Gasteiger partial charge in [-0.3, -0.25) is 9.78 Å². The van der Waals surface area contributed by atoms with Gasteiger partial charge >= 0.3 is 0 Å². The van der Waals surface area contributed by atoms with Gasteiger partial charge in [0.25, 0.3) is 5.91 Å². The van der Waals surface area contributed by atoms with E-state index in [-0.39, 0.29) is 5.91 Å². The van der Waals surface area contributed by atoms with E-state index in [2.05, 4.69) is 10.3 Å². The van der Waals surface area contributed by atoms with E-state index in [1.54, 1.807) is 12.4 Å². The third-order valence-corrected chi connectivity index (χ3v) is 4.05. The summed E-state index contributed by atoms with van der Waals surface area (Å²) in [5, 5.41) is 2.96. The molecule has 0 saturated carbocycles. The number of nitrogens with one attached hydrogen (secondary N) is 1. The van der Waals surface area contributed by atoms with Gasteiger partial charge in [-0.2, -0.15) is 0 Å². The van der Waals surface area contributed by atoms with Crippen LogP contribution in [0.5, 0.6) is 11.5 Å². The van der Waals surface area contributed by atoms with Gasteiger partial charge < -0.3 is 14.8 Å². The van der Waals surface area contributed by atoms with Gasteiger partial charge in [0.15, 0.2) is 0 Å². The van der Waals surface area contributed by atoms with Crippen LogP contribution in [0.1, 0.15) is 27.0 Å². The number of rotatable bonds is 3. The molecule has 0 aliphatic carbocycles. The van der Waals surface area contributed by atoms with Gasteiger partial charge in [0, 0.05) is 42.9 Å². The van der Waals surface area contributed by atoms with Crippen LogP contribution in [-0.4, -0.2) is 24.1 Å². The number of fused-ring (bicyclic) bond motifs is 2. The number of benzene rings is 1. The van der Waals surface area contributed by atoms with Crippen molar-refractivity contribution in [3.63, 3.8) is 0 Å². The minimum absolute atomic E-state index is 0.107. The first-order valence-electron chi connectivity index (χ1n) is 7.44. The molecule has 112 valence electrons. The minimum Gasteiger partial charge on any atom is -0.493 e. The molecule has 5 heteroatoms. The highest BCUT2D eigenvalue weighted by Gasteiger charge is 2.30. The van der Waals surface area contributed by atoms with Crippen molar-refractivity contribution in [2.75, 3.05) is 13.2 Å². The normalized spacial score (nSPS) is 14.7. The highest BCUT2D eigenvalue weighted by molar-refractivity contribution is 6.00. The molecule has 1 amide bonds. The Morgan fingerprint density at radius 2 is 2.18 bits per heavy atom. The average molecular weight is 296 g/mol. The fourth-order valence-electron chi connectivity index (χ4n) is 3.00. The fourth-order valence-corrected chi connectivity index (χ4v) is 3.00. The van der Waals surface area contributed by atoms with E-state index in [4.69, 9.17) is 9.47 Å². The van der Waals surface area contributed by atoms with Gasteiger partial charge in [-0.05, 0) is 17.7 Å². The SMILES string of the molecule is O=C(NCc1cccnc1)c1c2c(cc3c1OCC3)OCC2. The third-order valence-electron chi connectivity index (χ3n) is 4.05. The van der Waals surface area contributed by atoms with Crippen molar-refractivity contribution in [3.8, 4) is 11.5 Å². The van der Waals surface area contributed by atoms with Gasteiger partial charge in [-0.25, -0.2) is 0 Å². The molecule has 0 radical (unpaired) electrons. The molecule has 1 aromatic carbocycles. The summed E-state index contributed by atoms with van der Waals surface area (Å²) in [6.45, 7) is 1.70. The molecule has 0 atom stereocenters. The Labute approximate surface area is 128 Å². The van der Waals surface area contributed by atoms with E-state index in [1.807, 2.05) is 18.2 Å². The Morgan fingerprint density at radius 3 is 3.05 bits per heavy atom. The predicted octanol–water partition coefficient (Wildman–Crippen LogP) is 1.88. The lowest BCUT2D eigenvalue weighted by Crippen LogP contribution is -2.24. The molecule has 3 heterocycles. The van der Waals surface area contributed by atoms with Gasteiger partial charge in [-0.1, -0.05) is 6.07 Å². The summed E-state index contributed by atoms with van der Waals surface area (Å²) in [5.41, 5.74) is 3.64. The van der Waals surface area contributed by atoms with Crippen LogP contribution in [0.4, 0.5) is 0 Å². The number of amides is 1.